The molecule has 0 heterocycles. The normalized spacial score (nSPS) is 9.75. The highest BCUT2D eigenvalue weighted by Crippen LogP contribution is 2.17. The second-order valence-corrected chi connectivity index (χ2v) is 3.79. The lowest BCUT2D eigenvalue weighted by atomic mass is 10.2. The van der Waals surface area contributed by atoms with Gasteiger partial charge in [-0.15, -0.1) is 0 Å². The highest BCUT2D eigenvalue weighted by molar-refractivity contribution is 5.55. The van der Waals surface area contributed by atoms with Gasteiger partial charge in [0.05, 0.1) is 6.07 Å². The fourth-order valence-electron chi connectivity index (χ4n) is 1.70. The first kappa shape index (κ1) is 12.4. The van der Waals surface area contributed by atoms with Gasteiger partial charge in [0.2, 0.25) is 0 Å². The van der Waals surface area contributed by atoms with E-state index in [1.54, 1.807) is 0 Å². The summed E-state index contributed by atoms with van der Waals surface area (Å²) in [5.74, 6) is 0. The van der Waals surface area contributed by atoms with Crippen molar-refractivity contribution in [2.24, 2.45) is 0 Å². The van der Waals surface area contributed by atoms with Crippen molar-refractivity contribution in [2.75, 3.05) is 23.7 Å². The van der Waals surface area contributed by atoms with Crippen molar-refractivity contribution >= 4 is 11.4 Å². The summed E-state index contributed by atoms with van der Waals surface area (Å²) >= 11 is 0. The Morgan fingerprint density at radius 2 is 2.19 bits per heavy atom. The molecule has 3 heteroatoms. The van der Waals surface area contributed by atoms with Crippen LogP contribution in [0.5, 0.6) is 0 Å². The van der Waals surface area contributed by atoms with Gasteiger partial charge in [0.1, 0.15) is 0 Å². The number of nitrogens with zero attached hydrogens (tertiary/aromatic N) is 2. The Hall–Kier alpha value is -1.69. The fraction of sp³-hybridized carbons (Fsp3) is 0.462. The molecule has 1 aromatic rings. The van der Waals surface area contributed by atoms with Crippen molar-refractivity contribution in [3.8, 4) is 6.07 Å². The zero-order valence-corrected chi connectivity index (χ0v) is 9.82. The van der Waals surface area contributed by atoms with Crippen LogP contribution in [0.4, 0.5) is 11.4 Å². The number of unbranched alkanes of at least 4 members (excludes halogenated alkanes) is 2. The lowest BCUT2D eigenvalue weighted by Crippen LogP contribution is -2.23. The van der Waals surface area contributed by atoms with Crippen LogP contribution in [0.25, 0.3) is 0 Å². The maximum atomic E-state index is 8.46. The van der Waals surface area contributed by atoms with Gasteiger partial charge in [-0.25, -0.2) is 0 Å². The summed E-state index contributed by atoms with van der Waals surface area (Å²) in [4.78, 5) is 2.29. The van der Waals surface area contributed by atoms with Crippen molar-refractivity contribution in [2.45, 2.75) is 26.2 Å². The molecule has 1 rings (SSSR count). The Balaban J connectivity index is 2.51. The lowest BCUT2D eigenvalue weighted by molar-refractivity contribution is 0.708. The molecule has 2 N–H and O–H groups in total. The second-order valence-electron chi connectivity index (χ2n) is 3.79. The summed E-state index contributed by atoms with van der Waals surface area (Å²) in [6.45, 7) is 4.09. The van der Waals surface area contributed by atoms with Crippen LogP contribution >= 0.6 is 0 Å². The second kappa shape index (κ2) is 6.73. The third kappa shape index (κ3) is 3.82. The summed E-state index contributed by atoms with van der Waals surface area (Å²) < 4.78 is 0. The van der Waals surface area contributed by atoms with Crippen molar-refractivity contribution in [1.82, 2.24) is 0 Å². The minimum absolute atomic E-state index is 0.647. The van der Waals surface area contributed by atoms with Crippen LogP contribution in [-0.2, 0) is 0 Å². The summed E-state index contributed by atoms with van der Waals surface area (Å²) in [5.41, 5.74) is 7.72. The van der Waals surface area contributed by atoms with E-state index in [9.17, 15) is 0 Å². The first-order valence-electron chi connectivity index (χ1n) is 5.75. The number of anilines is 2. The first-order chi connectivity index (χ1) is 7.77. The Kier molecular flexibility index (Phi) is 5.21. The van der Waals surface area contributed by atoms with Gasteiger partial charge in [-0.05, 0) is 38.0 Å². The minimum atomic E-state index is 0.647. The molecule has 0 spiro atoms. The van der Waals surface area contributed by atoms with E-state index in [0.717, 1.165) is 31.6 Å². The van der Waals surface area contributed by atoms with Gasteiger partial charge < -0.3 is 10.6 Å². The van der Waals surface area contributed by atoms with Crippen LogP contribution in [-0.4, -0.2) is 13.1 Å². The molecule has 0 unspecified atom stereocenters. The summed E-state index contributed by atoms with van der Waals surface area (Å²) in [6.07, 6.45) is 2.67. The smallest absolute Gasteiger partial charge is 0.0621 e. The number of nitrogens with two attached hydrogens (primary N) is 1. The third-order valence-electron chi connectivity index (χ3n) is 2.58. The molecule has 0 saturated heterocycles. The van der Waals surface area contributed by atoms with Gasteiger partial charge in [0.25, 0.3) is 0 Å². The van der Waals surface area contributed by atoms with E-state index in [0.29, 0.717) is 6.42 Å². The molecule has 0 aliphatic rings. The molecular weight excluding hydrogens is 198 g/mol. The summed E-state index contributed by atoms with van der Waals surface area (Å²) in [5, 5.41) is 8.46. The van der Waals surface area contributed by atoms with Crippen molar-refractivity contribution in [1.29, 1.82) is 5.26 Å². The summed E-state index contributed by atoms with van der Waals surface area (Å²) in [7, 11) is 0. The quantitative estimate of drug-likeness (QED) is 0.589. The number of hydrogen-bond donors (Lipinski definition) is 1. The van der Waals surface area contributed by atoms with E-state index >= 15 is 0 Å². The van der Waals surface area contributed by atoms with Crippen molar-refractivity contribution < 1.29 is 0 Å². The summed E-state index contributed by atoms with van der Waals surface area (Å²) in [6, 6.07) is 10.1. The maximum Gasteiger partial charge on any atom is 0.0621 e. The average molecular weight is 217 g/mol. The number of nitrogen functional groups attached to an aromatic ring is 1. The molecule has 3 nitrogen and oxygen atoms in total. The molecule has 0 aliphatic carbocycles. The number of nitriles is 1. The number of hydrogen-bond acceptors (Lipinski definition) is 3. The zero-order valence-electron chi connectivity index (χ0n) is 9.82. The molecule has 0 atom stereocenters. The monoisotopic (exact) mass is 217 g/mol. The molecule has 86 valence electrons. The van der Waals surface area contributed by atoms with Crippen molar-refractivity contribution in [3.05, 3.63) is 24.3 Å². The van der Waals surface area contributed by atoms with Crippen LogP contribution in [0.15, 0.2) is 24.3 Å². The van der Waals surface area contributed by atoms with Crippen LogP contribution in [0.2, 0.25) is 0 Å². The largest absolute Gasteiger partial charge is 0.399 e. The maximum absolute atomic E-state index is 8.46. The fourth-order valence-corrected chi connectivity index (χ4v) is 1.70. The Morgan fingerprint density at radius 1 is 1.38 bits per heavy atom. The zero-order chi connectivity index (χ0) is 11.8. The van der Waals surface area contributed by atoms with E-state index in [1.807, 2.05) is 18.2 Å². The van der Waals surface area contributed by atoms with E-state index in [1.165, 1.54) is 5.69 Å². The Morgan fingerprint density at radius 3 is 2.81 bits per heavy atom. The predicted molar refractivity (Wildman–Crippen MR) is 68.2 cm³/mol. The Labute approximate surface area is 97.5 Å². The van der Waals surface area contributed by atoms with Crippen LogP contribution in [0.1, 0.15) is 26.2 Å². The minimum Gasteiger partial charge on any atom is -0.399 e. The molecule has 1 aromatic carbocycles. The van der Waals surface area contributed by atoms with Crippen LogP contribution in [0, 0.1) is 11.3 Å². The molecule has 0 amide bonds. The molecule has 0 bridgehead atoms. The van der Waals surface area contributed by atoms with E-state index in [2.05, 4.69) is 24.0 Å². The van der Waals surface area contributed by atoms with E-state index < -0.39 is 0 Å². The Bertz CT molecular complexity index is 354. The van der Waals surface area contributed by atoms with Crippen LogP contribution in [0.3, 0.4) is 0 Å². The topological polar surface area (TPSA) is 53.0 Å². The molecule has 0 aliphatic heterocycles. The molecule has 0 radical (unpaired) electrons. The van der Waals surface area contributed by atoms with E-state index in [-0.39, 0.29) is 0 Å². The lowest BCUT2D eigenvalue weighted by Gasteiger charge is -2.23. The van der Waals surface area contributed by atoms with Crippen LogP contribution < -0.4 is 10.6 Å². The van der Waals surface area contributed by atoms with Gasteiger partial charge in [-0.3, -0.25) is 0 Å². The molecule has 0 aromatic heterocycles. The highest BCUT2D eigenvalue weighted by atomic mass is 15.1. The highest BCUT2D eigenvalue weighted by Gasteiger charge is 2.03. The number of rotatable bonds is 6. The molecule has 0 fully saturated rings. The van der Waals surface area contributed by atoms with Crippen molar-refractivity contribution in [3.63, 3.8) is 0 Å². The first-order valence-corrected chi connectivity index (χ1v) is 5.75. The van der Waals surface area contributed by atoms with Gasteiger partial charge in [-0.1, -0.05) is 6.07 Å². The SMILES string of the molecule is CCN(CCCCC#N)c1cccc(N)c1. The third-order valence-corrected chi connectivity index (χ3v) is 2.58. The van der Waals surface area contributed by atoms with Gasteiger partial charge in [-0.2, -0.15) is 5.26 Å². The molecule has 16 heavy (non-hydrogen) atoms. The van der Waals surface area contributed by atoms with Gasteiger partial charge >= 0.3 is 0 Å². The molecular formula is C13H19N3. The van der Waals surface area contributed by atoms with E-state index in [4.69, 9.17) is 11.0 Å². The average Bonchev–Trinajstić information content (AvgIpc) is 2.29. The standard InChI is InChI=1S/C13H19N3/c1-2-16(10-5-3-4-9-14)13-8-6-7-12(15)11-13/h6-8,11H,2-5,10,15H2,1H3. The van der Waals surface area contributed by atoms with Gasteiger partial charge in [0.15, 0.2) is 0 Å². The molecule has 0 saturated carbocycles. The predicted octanol–water partition coefficient (Wildman–Crippen LogP) is 2.79. The number of benzene rings is 1. The van der Waals surface area contributed by atoms with Gasteiger partial charge in [0, 0.05) is 30.9 Å².